The quantitative estimate of drug-likeness (QED) is 0.0527. The van der Waals surface area contributed by atoms with Crippen molar-refractivity contribution in [2.24, 2.45) is 23.7 Å². The van der Waals surface area contributed by atoms with Crippen molar-refractivity contribution in [1.82, 2.24) is 84.2 Å². The van der Waals surface area contributed by atoms with Crippen LogP contribution in [0.3, 0.4) is 0 Å². The third kappa shape index (κ3) is 35.9. The van der Waals surface area contributed by atoms with Crippen LogP contribution < -0.4 is 74.4 Å². The summed E-state index contributed by atoms with van der Waals surface area (Å²) in [6.45, 7) is 28.6. The molecule has 14 N–H and O–H groups in total. The van der Waals surface area contributed by atoms with E-state index < -0.39 is 209 Å². The Bertz CT molecular complexity index is 4270. The van der Waals surface area contributed by atoms with E-state index in [1.165, 1.54) is 30.6 Å². The molecule has 0 radical (unpaired) electrons. The summed E-state index contributed by atoms with van der Waals surface area (Å²) >= 11 is 0. The molecule has 35 nitrogen and oxygen atoms in total. The number of hydrogen-bond donors (Lipinski definition) is 14. The molecular weight excluding hydrogens is 1650 g/mol. The van der Waals surface area contributed by atoms with Gasteiger partial charge in [-0.1, -0.05) is 146 Å². The number of unbranched alkanes of at least 4 members (excludes halogenated alkanes) is 1. The van der Waals surface area contributed by atoms with Crippen LogP contribution >= 0.6 is 0 Å². The Kier molecular flexibility index (Phi) is 41.8. The summed E-state index contributed by atoms with van der Waals surface area (Å²) in [5.74, 6) is -13.4. The zero-order valence-corrected chi connectivity index (χ0v) is 77.6. The van der Waals surface area contributed by atoms with Crippen molar-refractivity contribution < 1.29 is 91.0 Å². The molecule has 16 amide bonds. The normalized spacial score (nSPS) is 25.1. The fourth-order valence-electron chi connectivity index (χ4n) is 15.2. The molecule has 3 saturated heterocycles. The van der Waals surface area contributed by atoms with Crippen molar-refractivity contribution in [3.8, 4) is 0 Å². The van der Waals surface area contributed by atoms with Crippen LogP contribution in [0.1, 0.15) is 224 Å². The predicted octanol–water partition coefficient (Wildman–Crippen LogP) is 4.09. The number of carbonyl (C=O) groups excluding carboxylic acids is 17. The molecule has 14 atom stereocenters. The van der Waals surface area contributed by atoms with Gasteiger partial charge in [-0.2, -0.15) is 0 Å². The van der Waals surface area contributed by atoms with Crippen LogP contribution in [-0.2, 0) is 105 Å². The molecule has 3 aliphatic heterocycles. The minimum atomic E-state index is -1.54. The van der Waals surface area contributed by atoms with Crippen LogP contribution in [0, 0.1) is 23.7 Å². The molecule has 706 valence electrons. The minimum absolute atomic E-state index is 0.00214. The number of fused-ring (bicyclic) bond motifs is 2. The molecule has 2 unspecified atom stereocenters. The highest BCUT2D eigenvalue weighted by Gasteiger charge is 2.44. The van der Waals surface area contributed by atoms with Gasteiger partial charge in [0.2, 0.25) is 88.6 Å². The van der Waals surface area contributed by atoms with Gasteiger partial charge in [0.25, 0.3) is 0 Å². The molecule has 0 bridgehead atoms. The number of ether oxygens (including phenoxy) is 2. The van der Waals surface area contributed by atoms with Gasteiger partial charge in [-0.05, 0) is 180 Å². The van der Waals surface area contributed by atoms with E-state index in [9.17, 15) is 67.1 Å². The maximum Gasteiger partial charge on any atom is 0.407 e. The number of benzene rings is 3. The van der Waals surface area contributed by atoms with E-state index in [4.69, 9.17) is 9.47 Å². The van der Waals surface area contributed by atoms with Crippen molar-refractivity contribution in [2.75, 3.05) is 26.2 Å². The van der Waals surface area contributed by atoms with Gasteiger partial charge in [0.15, 0.2) is 0 Å². The Hall–Kier alpha value is -11.6. The van der Waals surface area contributed by atoms with Gasteiger partial charge in [-0.3, -0.25) is 76.7 Å². The SMILES string of the molecule is CC(C)C[C@H]1NC(=O)[C@@H](C)NC(=O)CCCNC(=O)[C@@H](C(C)C)NC(=O)[C@@H](Cc2ccccc2)NC(=O)[C@@H](CC(C)C)NC(=O)[C@@H](CCC(=O)OC(C)(C)C)NC(=O)C2CCCN2C(=O)[C@@H](CC(C)C)NC(=O)[C@@H](C)NC(=O)[C@@H](Cc2ccccc2)NC(=O)[C@@H](C)NC(=O)C2CCCN2C(=O)[C@@H](CCCCNC(=O)OC(C)(C)C)NC(=O)[C@@H](Cc2ccccc2)NC1=O. The third-order valence-corrected chi connectivity index (χ3v) is 21.7. The van der Waals surface area contributed by atoms with Gasteiger partial charge in [0, 0.05) is 58.3 Å². The topological polar surface area (TPSA) is 484 Å². The zero-order valence-electron chi connectivity index (χ0n) is 77.6. The monoisotopic (exact) mass is 1790 g/mol. The number of rotatable bonds is 21. The Morgan fingerprint density at radius 2 is 0.750 bits per heavy atom. The molecule has 3 aromatic carbocycles. The zero-order chi connectivity index (χ0) is 94.9. The Morgan fingerprint density at radius 3 is 1.20 bits per heavy atom. The lowest BCUT2D eigenvalue weighted by atomic mass is 9.99. The van der Waals surface area contributed by atoms with Crippen molar-refractivity contribution >= 4 is 101 Å². The number of hydrogen-bond acceptors (Lipinski definition) is 19. The van der Waals surface area contributed by atoms with Crippen LogP contribution in [0.25, 0.3) is 0 Å². The predicted molar refractivity (Wildman–Crippen MR) is 479 cm³/mol. The summed E-state index contributed by atoms with van der Waals surface area (Å²) in [4.78, 5) is 248. The lowest BCUT2D eigenvalue weighted by molar-refractivity contribution is -0.155. The highest BCUT2D eigenvalue weighted by molar-refractivity contribution is 6.01. The van der Waals surface area contributed by atoms with E-state index in [0.717, 1.165) is 0 Å². The number of alkyl carbamates (subject to hydrolysis) is 1. The summed E-state index contributed by atoms with van der Waals surface area (Å²) in [5.41, 5.74) is 0.0647. The van der Waals surface area contributed by atoms with E-state index in [0.29, 0.717) is 36.0 Å². The van der Waals surface area contributed by atoms with Gasteiger partial charge >= 0.3 is 12.1 Å². The average Bonchev–Trinajstić information content (AvgIpc) is 1.64. The second kappa shape index (κ2) is 50.9. The van der Waals surface area contributed by atoms with Crippen molar-refractivity contribution in [1.29, 1.82) is 0 Å². The van der Waals surface area contributed by atoms with Gasteiger partial charge in [0.05, 0.1) is 0 Å². The first-order valence-electron chi connectivity index (χ1n) is 45.1. The molecule has 0 aromatic heterocycles. The molecule has 0 saturated carbocycles. The van der Waals surface area contributed by atoms with E-state index in [-0.39, 0.29) is 127 Å². The second-order valence-electron chi connectivity index (χ2n) is 37.3. The van der Waals surface area contributed by atoms with Crippen LogP contribution in [-0.4, -0.2) is 232 Å². The van der Waals surface area contributed by atoms with E-state index in [1.807, 2.05) is 27.7 Å². The van der Waals surface area contributed by atoms with Gasteiger partial charge in [-0.15, -0.1) is 0 Å². The first-order chi connectivity index (χ1) is 60.3. The van der Waals surface area contributed by atoms with Gasteiger partial charge in [-0.25, -0.2) is 4.79 Å². The first-order valence-corrected chi connectivity index (χ1v) is 45.1. The molecule has 35 heteroatoms. The first kappa shape index (κ1) is 105. The number of nitrogens with zero attached hydrogens (tertiary/aromatic N) is 2. The van der Waals surface area contributed by atoms with Crippen LogP contribution in [0.4, 0.5) is 4.79 Å². The maximum atomic E-state index is 15.2. The van der Waals surface area contributed by atoms with Crippen molar-refractivity contribution in [3.63, 3.8) is 0 Å². The smallest absolute Gasteiger partial charge is 0.407 e. The molecule has 0 aliphatic carbocycles. The Labute approximate surface area is 752 Å². The number of carbonyl (C=O) groups is 17. The molecule has 128 heavy (non-hydrogen) atoms. The summed E-state index contributed by atoms with van der Waals surface area (Å²) in [7, 11) is 0. The third-order valence-electron chi connectivity index (χ3n) is 21.7. The molecule has 3 heterocycles. The molecule has 3 fully saturated rings. The van der Waals surface area contributed by atoms with Crippen molar-refractivity contribution in [2.45, 2.75) is 323 Å². The van der Waals surface area contributed by atoms with Gasteiger partial charge in [0.1, 0.15) is 95.8 Å². The number of nitrogens with one attached hydrogen (secondary N) is 14. The highest BCUT2D eigenvalue weighted by Crippen LogP contribution is 2.25. The lowest BCUT2D eigenvalue weighted by Crippen LogP contribution is -2.61. The van der Waals surface area contributed by atoms with Gasteiger partial charge < -0.3 is 93.7 Å². The number of amides is 16. The van der Waals surface area contributed by atoms with Crippen molar-refractivity contribution in [3.05, 3.63) is 108 Å². The fraction of sp³-hybridized carbons (Fsp3) is 0.624. The number of esters is 1. The molecular formula is C93H140N16O19. The lowest BCUT2D eigenvalue weighted by Gasteiger charge is -2.31. The molecule has 3 aromatic rings. The van der Waals surface area contributed by atoms with Crippen LogP contribution in [0.5, 0.6) is 0 Å². The molecule has 0 spiro atoms. The Balaban J connectivity index is 1.36. The minimum Gasteiger partial charge on any atom is -0.460 e. The maximum absolute atomic E-state index is 15.2. The second-order valence-corrected chi connectivity index (χ2v) is 37.3. The average molecular weight is 1790 g/mol. The van der Waals surface area contributed by atoms with Crippen LogP contribution in [0.15, 0.2) is 91.0 Å². The molecule has 6 rings (SSSR count). The molecule has 3 aliphatic rings. The largest absolute Gasteiger partial charge is 0.460 e. The van der Waals surface area contributed by atoms with E-state index in [2.05, 4.69) is 74.4 Å². The summed E-state index contributed by atoms with van der Waals surface area (Å²) < 4.78 is 11.0. The standard InChI is InChI=1S/C93H140N16O19/c1-54(2)48-66-82(117)104-69(52-62-34-23-19-24-35-62)84(119)100-65(38-27-28-44-95-91(126)128-93(15,16)17)89(124)108-46-30-39-72(108)86(121)98-60(11)78(113)102-68(51-61-32-21-18-22-33-61)81(116)97-59(10)79(114)106-71(50-56(5)6)90(125)109-47-31-40-73(109)87(122)99-64(42-43-75(111)127-92(12,13)14)80(115)103-67(49-55(3)4)83(118)105-70(53-63-36-25-20-26-37-63)85(120)107-76(57(7)8)88(123)94-45-29-41-74(110)96-58(9)77(112)101-66/h18-26,32-37,54-60,64-73,76H,27-31,38-53H2,1-17H3,(H,94,123)(H,95,126)(H,96,110)(H,97,116)(H,98,121)(H,99,122)(H,100,119)(H,101,112)(H,102,113)(H,103,115)(H,104,117)(H,105,118)(H,106,114)(H,107,120)/t58-,59-,60-,64-,65-,66-,67-,68-,69-,70-,71-,72?,73?,76-/m1/s1. The Morgan fingerprint density at radius 1 is 0.391 bits per heavy atom. The van der Waals surface area contributed by atoms with E-state index in [1.54, 1.807) is 160 Å². The summed E-state index contributed by atoms with van der Waals surface area (Å²) in [6.07, 6.45) is -0.433. The highest BCUT2D eigenvalue weighted by atomic mass is 16.6. The fourth-order valence-corrected chi connectivity index (χ4v) is 15.2. The van der Waals surface area contributed by atoms with E-state index >= 15 is 14.4 Å². The summed E-state index contributed by atoms with van der Waals surface area (Å²) in [6, 6.07) is 7.47. The summed E-state index contributed by atoms with van der Waals surface area (Å²) in [5, 5.41) is 38.6. The van der Waals surface area contributed by atoms with Crippen LogP contribution in [0.2, 0.25) is 0 Å².